The molecule has 0 aliphatic heterocycles. The zero-order valence-corrected chi connectivity index (χ0v) is 12.2. The van der Waals surface area contributed by atoms with Crippen molar-refractivity contribution in [2.45, 2.75) is 26.4 Å². The second-order valence-electron chi connectivity index (χ2n) is 4.42. The molecule has 0 saturated carbocycles. The molecule has 7 nitrogen and oxygen atoms in total. The minimum atomic E-state index is -1.04. The number of nitrogens with one attached hydrogen (secondary N) is 1. The molecular formula is C14H20N2O5. The molecule has 0 bridgehead atoms. The van der Waals surface area contributed by atoms with Crippen molar-refractivity contribution in [1.82, 2.24) is 10.3 Å². The van der Waals surface area contributed by atoms with Crippen molar-refractivity contribution < 1.29 is 24.2 Å². The SMILES string of the molecule is CCC(C)Oc1cc(C(=O)NCCOCC(=O)O)ccn1. The Morgan fingerprint density at radius 1 is 1.48 bits per heavy atom. The van der Waals surface area contributed by atoms with Gasteiger partial charge in [-0.3, -0.25) is 4.79 Å². The van der Waals surface area contributed by atoms with Crippen molar-refractivity contribution in [2.24, 2.45) is 0 Å². The molecule has 7 heteroatoms. The summed E-state index contributed by atoms with van der Waals surface area (Å²) in [7, 11) is 0. The summed E-state index contributed by atoms with van der Waals surface area (Å²) in [4.78, 5) is 26.2. The van der Waals surface area contributed by atoms with Gasteiger partial charge in [-0.2, -0.15) is 0 Å². The maximum Gasteiger partial charge on any atom is 0.329 e. The van der Waals surface area contributed by atoms with Crippen LogP contribution in [0.25, 0.3) is 0 Å². The lowest BCUT2D eigenvalue weighted by Crippen LogP contribution is -2.28. The fourth-order valence-corrected chi connectivity index (χ4v) is 1.40. The van der Waals surface area contributed by atoms with E-state index in [1.165, 1.54) is 6.20 Å². The molecule has 1 aromatic heterocycles. The summed E-state index contributed by atoms with van der Waals surface area (Å²) in [6, 6.07) is 3.15. The molecule has 2 N–H and O–H groups in total. The van der Waals surface area contributed by atoms with E-state index in [1.54, 1.807) is 12.1 Å². The number of carboxylic acids is 1. The van der Waals surface area contributed by atoms with Gasteiger partial charge in [-0.1, -0.05) is 6.92 Å². The molecule has 1 atom stereocenters. The van der Waals surface area contributed by atoms with E-state index < -0.39 is 5.97 Å². The van der Waals surface area contributed by atoms with Crippen LogP contribution in [0.3, 0.4) is 0 Å². The zero-order valence-electron chi connectivity index (χ0n) is 12.2. The third-order valence-electron chi connectivity index (χ3n) is 2.65. The van der Waals surface area contributed by atoms with Crippen LogP contribution >= 0.6 is 0 Å². The van der Waals surface area contributed by atoms with Gasteiger partial charge in [-0.05, 0) is 19.4 Å². The summed E-state index contributed by atoms with van der Waals surface area (Å²) >= 11 is 0. The van der Waals surface area contributed by atoms with Crippen LogP contribution in [0, 0.1) is 0 Å². The Kier molecular flexibility index (Phi) is 7.17. The number of rotatable bonds is 9. The second kappa shape index (κ2) is 8.91. The van der Waals surface area contributed by atoms with Gasteiger partial charge in [-0.15, -0.1) is 0 Å². The lowest BCUT2D eigenvalue weighted by atomic mass is 10.2. The van der Waals surface area contributed by atoms with E-state index in [0.29, 0.717) is 11.4 Å². The number of hydrogen-bond acceptors (Lipinski definition) is 5. The first-order chi connectivity index (χ1) is 10.0. The first-order valence-corrected chi connectivity index (χ1v) is 6.73. The molecule has 116 valence electrons. The van der Waals surface area contributed by atoms with E-state index in [9.17, 15) is 9.59 Å². The number of amides is 1. The fourth-order valence-electron chi connectivity index (χ4n) is 1.40. The smallest absolute Gasteiger partial charge is 0.329 e. The van der Waals surface area contributed by atoms with Gasteiger partial charge in [-0.25, -0.2) is 9.78 Å². The summed E-state index contributed by atoms with van der Waals surface area (Å²) in [5.41, 5.74) is 0.432. The van der Waals surface area contributed by atoms with Gasteiger partial charge < -0.3 is 19.9 Å². The number of carbonyl (C=O) groups is 2. The minimum Gasteiger partial charge on any atom is -0.480 e. The standard InChI is InChI=1S/C14H20N2O5/c1-3-10(2)21-12-8-11(4-5-15-12)14(19)16-6-7-20-9-13(17)18/h4-5,8,10H,3,6-7,9H2,1-2H3,(H,16,19)(H,17,18). The summed E-state index contributed by atoms with van der Waals surface area (Å²) < 4.78 is 10.4. The number of aromatic nitrogens is 1. The van der Waals surface area contributed by atoms with Crippen molar-refractivity contribution in [2.75, 3.05) is 19.8 Å². The summed E-state index contributed by atoms with van der Waals surface area (Å²) in [6.45, 7) is 3.92. The van der Waals surface area contributed by atoms with Crippen LogP contribution in [-0.4, -0.2) is 47.8 Å². The number of ether oxygens (including phenoxy) is 2. The van der Waals surface area contributed by atoms with E-state index in [0.717, 1.165) is 6.42 Å². The Labute approximate surface area is 123 Å². The topological polar surface area (TPSA) is 97.8 Å². The zero-order chi connectivity index (χ0) is 15.7. The molecule has 0 fully saturated rings. The molecule has 1 heterocycles. The highest BCUT2D eigenvalue weighted by atomic mass is 16.5. The highest BCUT2D eigenvalue weighted by Crippen LogP contribution is 2.12. The maximum absolute atomic E-state index is 11.9. The molecule has 0 aromatic carbocycles. The Morgan fingerprint density at radius 3 is 2.90 bits per heavy atom. The predicted molar refractivity (Wildman–Crippen MR) is 75.4 cm³/mol. The minimum absolute atomic E-state index is 0.0280. The molecule has 1 amide bonds. The molecule has 0 saturated heterocycles. The van der Waals surface area contributed by atoms with Gasteiger partial charge in [0.1, 0.15) is 6.61 Å². The monoisotopic (exact) mass is 296 g/mol. The average Bonchev–Trinajstić information content (AvgIpc) is 2.46. The maximum atomic E-state index is 11.9. The van der Waals surface area contributed by atoms with Crippen LogP contribution < -0.4 is 10.1 Å². The first-order valence-electron chi connectivity index (χ1n) is 6.73. The Hall–Kier alpha value is -2.15. The fraction of sp³-hybridized carbons (Fsp3) is 0.500. The Morgan fingerprint density at radius 2 is 2.24 bits per heavy atom. The molecule has 0 aliphatic rings. The van der Waals surface area contributed by atoms with Crippen LogP contribution in [0.4, 0.5) is 0 Å². The number of hydrogen-bond donors (Lipinski definition) is 2. The predicted octanol–water partition coefficient (Wildman–Crippen LogP) is 1.09. The van der Waals surface area contributed by atoms with Gasteiger partial charge in [0.05, 0.1) is 12.7 Å². The van der Waals surface area contributed by atoms with E-state index in [1.807, 2.05) is 13.8 Å². The molecule has 1 rings (SSSR count). The van der Waals surface area contributed by atoms with Crippen LogP contribution in [0.1, 0.15) is 30.6 Å². The van der Waals surface area contributed by atoms with Crippen LogP contribution in [-0.2, 0) is 9.53 Å². The largest absolute Gasteiger partial charge is 0.480 e. The van der Waals surface area contributed by atoms with E-state index in [4.69, 9.17) is 14.6 Å². The molecule has 1 aromatic rings. The van der Waals surface area contributed by atoms with E-state index >= 15 is 0 Å². The lowest BCUT2D eigenvalue weighted by Gasteiger charge is -2.12. The summed E-state index contributed by atoms with van der Waals surface area (Å²) in [5, 5.41) is 11.0. The normalized spacial score (nSPS) is 11.7. The quantitative estimate of drug-likeness (QED) is 0.662. The van der Waals surface area contributed by atoms with Crippen molar-refractivity contribution in [3.63, 3.8) is 0 Å². The molecule has 0 radical (unpaired) electrons. The van der Waals surface area contributed by atoms with E-state index in [-0.39, 0.29) is 31.8 Å². The average molecular weight is 296 g/mol. The summed E-state index contributed by atoms with van der Waals surface area (Å²) in [6.07, 6.45) is 2.38. The number of carbonyl (C=O) groups excluding carboxylic acids is 1. The molecule has 21 heavy (non-hydrogen) atoms. The van der Waals surface area contributed by atoms with Gasteiger partial charge >= 0.3 is 5.97 Å². The lowest BCUT2D eigenvalue weighted by molar-refractivity contribution is -0.142. The molecule has 0 aliphatic carbocycles. The van der Waals surface area contributed by atoms with Crippen LogP contribution in [0.15, 0.2) is 18.3 Å². The van der Waals surface area contributed by atoms with Crippen molar-refractivity contribution in [3.05, 3.63) is 23.9 Å². The summed E-state index contributed by atoms with van der Waals surface area (Å²) in [5.74, 6) is -0.924. The van der Waals surface area contributed by atoms with Crippen LogP contribution in [0.2, 0.25) is 0 Å². The third kappa shape index (κ3) is 6.71. The van der Waals surface area contributed by atoms with Gasteiger partial charge in [0.2, 0.25) is 5.88 Å². The molecule has 0 spiro atoms. The van der Waals surface area contributed by atoms with Crippen LogP contribution in [0.5, 0.6) is 5.88 Å². The highest BCUT2D eigenvalue weighted by molar-refractivity contribution is 5.94. The van der Waals surface area contributed by atoms with Gasteiger partial charge in [0.25, 0.3) is 5.91 Å². The first kappa shape index (κ1) is 16.9. The second-order valence-corrected chi connectivity index (χ2v) is 4.42. The van der Waals surface area contributed by atoms with Gasteiger partial charge in [0.15, 0.2) is 0 Å². The van der Waals surface area contributed by atoms with Crippen molar-refractivity contribution >= 4 is 11.9 Å². The third-order valence-corrected chi connectivity index (χ3v) is 2.65. The Bertz CT molecular complexity index is 478. The molecule has 1 unspecified atom stereocenters. The van der Waals surface area contributed by atoms with Crippen molar-refractivity contribution in [3.8, 4) is 5.88 Å². The Balaban J connectivity index is 2.43. The van der Waals surface area contributed by atoms with E-state index in [2.05, 4.69) is 10.3 Å². The highest BCUT2D eigenvalue weighted by Gasteiger charge is 2.09. The molecular weight excluding hydrogens is 276 g/mol. The number of carboxylic acid groups (broad SMARTS) is 1. The number of pyridine rings is 1. The van der Waals surface area contributed by atoms with Gasteiger partial charge in [0, 0.05) is 24.4 Å². The number of nitrogens with zero attached hydrogens (tertiary/aromatic N) is 1. The van der Waals surface area contributed by atoms with Crippen molar-refractivity contribution in [1.29, 1.82) is 0 Å². The number of aliphatic carboxylic acids is 1.